The first-order valence-electron chi connectivity index (χ1n) is 5.98. The molecule has 0 aliphatic heterocycles. The van der Waals surface area contributed by atoms with Gasteiger partial charge in [-0.2, -0.15) is 0 Å². The van der Waals surface area contributed by atoms with Crippen LogP contribution in [0.3, 0.4) is 0 Å². The van der Waals surface area contributed by atoms with Gasteiger partial charge in [-0.25, -0.2) is 4.79 Å². The van der Waals surface area contributed by atoms with Crippen LogP contribution in [0.15, 0.2) is 12.2 Å². The minimum atomic E-state index is -0.749. The second-order valence-corrected chi connectivity index (χ2v) is 6.13. The first-order valence-corrected chi connectivity index (χ1v) is 5.98. The summed E-state index contributed by atoms with van der Waals surface area (Å²) in [5, 5.41) is 12.6. The number of hydrogen-bond donors (Lipinski definition) is 2. The molecule has 2 N–H and O–H groups in total. The number of carbonyl (C=O) groups excluding carboxylic acids is 1. The van der Waals surface area contributed by atoms with E-state index >= 15 is 0 Å². The maximum absolute atomic E-state index is 11.5. The van der Waals surface area contributed by atoms with Gasteiger partial charge < -0.3 is 15.2 Å². The highest BCUT2D eigenvalue weighted by atomic mass is 16.6. The second-order valence-electron chi connectivity index (χ2n) is 6.13. The Morgan fingerprint density at radius 1 is 1.29 bits per heavy atom. The Morgan fingerprint density at radius 3 is 2.29 bits per heavy atom. The van der Waals surface area contributed by atoms with Crippen LogP contribution < -0.4 is 5.32 Å². The third-order valence-electron chi connectivity index (χ3n) is 2.69. The lowest BCUT2D eigenvalue weighted by Gasteiger charge is -2.26. The van der Waals surface area contributed by atoms with Crippen LogP contribution in [0.25, 0.3) is 0 Å². The van der Waals surface area contributed by atoms with E-state index in [1.165, 1.54) is 0 Å². The SMILES string of the molecule is CC(C)(C)OC(=O)N[C@@H]1C=C[C@H](C(C)(C)O)C1. The van der Waals surface area contributed by atoms with Crippen molar-refractivity contribution in [2.75, 3.05) is 0 Å². The van der Waals surface area contributed by atoms with E-state index in [2.05, 4.69) is 5.32 Å². The highest BCUT2D eigenvalue weighted by Crippen LogP contribution is 2.28. The predicted molar refractivity (Wildman–Crippen MR) is 66.7 cm³/mol. The number of amides is 1. The lowest BCUT2D eigenvalue weighted by atomic mass is 9.90. The Bertz CT molecular complexity index is 310. The molecule has 0 saturated heterocycles. The number of aliphatic hydroxyl groups is 1. The van der Waals surface area contributed by atoms with Gasteiger partial charge in [0.05, 0.1) is 11.6 Å². The summed E-state index contributed by atoms with van der Waals surface area (Å²) in [4.78, 5) is 11.5. The van der Waals surface area contributed by atoms with E-state index in [0.29, 0.717) is 6.42 Å². The molecule has 0 fully saturated rings. The molecule has 1 aliphatic carbocycles. The number of hydrogen-bond acceptors (Lipinski definition) is 3. The van der Waals surface area contributed by atoms with Gasteiger partial charge >= 0.3 is 6.09 Å². The van der Waals surface area contributed by atoms with Gasteiger partial charge in [0.25, 0.3) is 0 Å². The van der Waals surface area contributed by atoms with Gasteiger partial charge in [0.1, 0.15) is 5.60 Å². The summed E-state index contributed by atoms with van der Waals surface area (Å²) in [5.74, 6) is 0.0717. The average molecular weight is 241 g/mol. The molecule has 0 aromatic heterocycles. The molecule has 0 heterocycles. The Labute approximate surface area is 103 Å². The summed E-state index contributed by atoms with van der Waals surface area (Å²) < 4.78 is 5.17. The van der Waals surface area contributed by atoms with Crippen LogP contribution in [0.4, 0.5) is 4.79 Å². The van der Waals surface area contributed by atoms with Crippen LogP contribution in [0.1, 0.15) is 41.0 Å². The molecule has 4 nitrogen and oxygen atoms in total. The van der Waals surface area contributed by atoms with E-state index in [0.717, 1.165) is 0 Å². The zero-order valence-electron chi connectivity index (χ0n) is 11.3. The molecule has 1 amide bonds. The maximum atomic E-state index is 11.5. The predicted octanol–water partition coefficient (Wildman–Crippen LogP) is 2.23. The molecule has 0 unspecified atom stereocenters. The Kier molecular flexibility index (Phi) is 3.87. The van der Waals surface area contributed by atoms with Crippen molar-refractivity contribution < 1.29 is 14.6 Å². The first kappa shape index (κ1) is 14.0. The minimum absolute atomic E-state index is 0.0544. The summed E-state index contributed by atoms with van der Waals surface area (Å²) in [6.07, 6.45) is 4.15. The quantitative estimate of drug-likeness (QED) is 0.729. The molecule has 0 saturated carbocycles. The van der Waals surface area contributed by atoms with Crippen molar-refractivity contribution in [1.29, 1.82) is 0 Å². The smallest absolute Gasteiger partial charge is 0.408 e. The molecule has 1 rings (SSSR count). The van der Waals surface area contributed by atoms with Crippen LogP contribution in [0.5, 0.6) is 0 Å². The number of rotatable bonds is 2. The molecule has 0 radical (unpaired) electrons. The van der Waals surface area contributed by atoms with Crippen molar-refractivity contribution in [2.24, 2.45) is 5.92 Å². The van der Waals surface area contributed by atoms with Crippen LogP contribution >= 0.6 is 0 Å². The Morgan fingerprint density at radius 2 is 1.88 bits per heavy atom. The fourth-order valence-corrected chi connectivity index (χ4v) is 1.79. The summed E-state index contributed by atoms with van der Waals surface area (Å²) in [5.41, 5.74) is -1.23. The molecule has 98 valence electrons. The normalized spacial score (nSPS) is 24.8. The van der Waals surface area contributed by atoms with Crippen molar-refractivity contribution in [2.45, 2.75) is 58.3 Å². The standard InChI is InChI=1S/C13H23NO3/c1-12(2,3)17-11(15)14-10-7-6-9(8-10)13(4,5)16/h6-7,9-10,16H,8H2,1-5H3,(H,14,15)/t9-,10+/m0/s1. The second kappa shape index (κ2) is 4.69. The van der Waals surface area contributed by atoms with Gasteiger partial charge in [-0.1, -0.05) is 12.2 Å². The van der Waals surface area contributed by atoms with Gasteiger partial charge in [0, 0.05) is 5.92 Å². The van der Waals surface area contributed by atoms with Crippen molar-refractivity contribution >= 4 is 6.09 Å². The monoisotopic (exact) mass is 241 g/mol. The molecule has 0 aromatic carbocycles. The van der Waals surface area contributed by atoms with Crippen LogP contribution in [-0.4, -0.2) is 28.4 Å². The summed E-state index contributed by atoms with van der Waals surface area (Å²) in [6.45, 7) is 9.04. The Hall–Kier alpha value is -1.03. The third kappa shape index (κ3) is 4.77. The highest BCUT2D eigenvalue weighted by molar-refractivity contribution is 5.68. The number of carbonyl (C=O) groups is 1. The number of nitrogens with one attached hydrogen (secondary N) is 1. The van der Waals surface area contributed by atoms with E-state index in [1.807, 2.05) is 32.9 Å². The van der Waals surface area contributed by atoms with E-state index in [9.17, 15) is 9.90 Å². The van der Waals surface area contributed by atoms with E-state index in [4.69, 9.17) is 4.74 Å². The summed E-state index contributed by atoms with van der Waals surface area (Å²) >= 11 is 0. The van der Waals surface area contributed by atoms with Gasteiger partial charge in [0.15, 0.2) is 0 Å². The van der Waals surface area contributed by atoms with Gasteiger partial charge in [-0.3, -0.25) is 0 Å². The topological polar surface area (TPSA) is 58.6 Å². The zero-order valence-corrected chi connectivity index (χ0v) is 11.3. The zero-order chi connectivity index (χ0) is 13.3. The number of alkyl carbamates (subject to hydrolysis) is 1. The van der Waals surface area contributed by atoms with Crippen molar-refractivity contribution in [3.05, 3.63) is 12.2 Å². The summed E-state index contributed by atoms with van der Waals surface area (Å²) in [6, 6.07) is -0.0544. The summed E-state index contributed by atoms with van der Waals surface area (Å²) in [7, 11) is 0. The molecule has 0 bridgehead atoms. The fourth-order valence-electron chi connectivity index (χ4n) is 1.79. The largest absolute Gasteiger partial charge is 0.444 e. The molecular formula is C13H23NO3. The van der Waals surface area contributed by atoms with Crippen LogP contribution in [0.2, 0.25) is 0 Å². The molecule has 1 aliphatic rings. The third-order valence-corrected chi connectivity index (χ3v) is 2.69. The van der Waals surface area contributed by atoms with Gasteiger partial charge in [-0.15, -0.1) is 0 Å². The van der Waals surface area contributed by atoms with Gasteiger partial charge in [-0.05, 0) is 41.0 Å². The number of ether oxygens (including phenoxy) is 1. The van der Waals surface area contributed by atoms with Crippen LogP contribution in [0, 0.1) is 5.92 Å². The molecule has 2 atom stereocenters. The highest BCUT2D eigenvalue weighted by Gasteiger charge is 2.31. The van der Waals surface area contributed by atoms with E-state index in [-0.39, 0.29) is 12.0 Å². The fraction of sp³-hybridized carbons (Fsp3) is 0.769. The van der Waals surface area contributed by atoms with E-state index < -0.39 is 17.3 Å². The van der Waals surface area contributed by atoms with E-state index in [1.54, 1.807) is 13.8 Å². The van der Waals surface area contributed by atoms with Crippen LogP contribution in [-0.2, 0) is 4.74 Å². The van der Waals surface area contributed by atoms with Gasteiger partial charge in [0.2, 0.25) is 0 Å². The molecule has 0 spiro atoms. The van der Waals surface area contributed by atoms with Crippen molar-refractivity contribution in [3.63, 3.8) is 0 Å². The average Bonchev–Trinajstić information content (AvgIpc) is 2.47. The molecule has 4 heteroatoms. The minimum Gasteiger partial charge on any atom is -0.444 e. The first-order chi connectivity index (χ1) is 7.58. The maximum Gasteiger partial charge on any atom is 0.408 e. The van der Waals surface area contributed by atoms with Crippen molar-refractivity contribution in [3.8, 4) is 0 Å². The van der Waals surface area contributed by atoms with Crippen molar-refractivity contribution in [1.82, 2.24) is 5.32 Å². The molecule has 0 aromatic rings. The lowest BCUT2D eigenvalue weighted by Crippen LogP contribution is -2.39. The lowest BCUT2D eigenvalue weighted by molar-refractivity contribution is 0.0319. The molecule has 17 heavy (non-hydrogen) atoms. The molecular weight excluding hydrogens is 218 g/mol. The Balaban J connectivity index is 2.42.